The highest BCUT2D eigenvalue weighted by Crippen LogP contribution is 2.15. The molecule has 0 aliphatic rings. The largest absolute Gasteiger partial charge is 0.387 e. The van der Waals surface area contributed by atoms with Gasteiger partial charge in [-0.25, -0.2) is 0 Å². The summed E-state index contributed by atoms with van der Waals surface area (Å²) < 4.78 is 32.5. The van der Waals surface area contributed by atoms with Crippen molar-refractivity contribution in [3.8, 4) is 0 Å². The van der Waals surface area contributed by atoms with Gasteiger partial charge in [0.25, 0.3) is 10.1 Å². The molecule has 0 bridgehead atoms. The molecule has 3 atom stereocenters. The van der Waals surface area contributed by atoms with Gasteiger partial charge in [-0.1, -0.05) is 199 Å². The fourth-order valence-corrected chi connectivity index (χ4v) is 7.03. The lowest BCUT2D eigenvalue weighted by Gasteiger charge is -2.22. The molecular formula is C41H79NO6S. The van der Waals surface area contributed by atoms with Crippen LogP contribution in [-0.2, 0) is 14.9 Å². The van der Waals surface area contributed by atoms with Crippen LogP contribution < -0.4 is 5.32 Å². The Bertz CT molecular complexity index is 890. The average Bonchev–Trinajstić information content (AvgIpc) is 3.06. The van der Waals surface area contributed by atoms with Crippen LogP contribution in [0.4, 0.5) is 0 Å². The van der Waals surface area contributed by atoms with Gasteiger partial charge in [-0.2, -0.15) is 8.42 Å². The minimum atomic E-state index is -4.45. The van der Waals surface area contributed by atoms with Gasteiger partial charge < -0.3 is 15.5 Å². The Labute approximate surface area is 303 Å². The summed E-state index contributed by atoms with van der Waals surface area (Å²) in [5.74, 6) is -1.55. The lowest BCUT2D eigenvalue weighted by atomic mass is 10.0. The second-order valence-corrected chi connectivity index (χ2v) is 15.9. The summed E-state index contributed by atoms with van der Waals surface area (Å²) in [6.07, 6.45) is 41.0. The van der Waals surface area contributed by atoms with Crippen molar-refractivity contribution in [1.82, 2.24) is 5.32 Å². The summed E-state index contributed by atoms with van der Waals surface area (Å²) in [7, 11) is -4.45. The standard InChI is InChI=1S/C41H79NO6S/c1-3-5-7-9-11-13-15-17-18-19-20-21-22-23-24-26-27-29-31-33-35-39(43)38(37-49(46,47)48)42-41(45)40(44)36-34-32-30-28-25-16-14-12-10-8-6-4-2/h26-27,33,35,38-40,43-44H,3-25,28-32,34,36-37H2,1-2H3,(H,42,45)(H,46,47,48)/b27-26+,35-33+. The van der Waals surface area contributed by atoms with Gasteiger partial charge in [0.1, 0.15) is 6.10 Å². The van der Waals surface area contributed by atoms with Gasteiger partial charge in [-0.05, 0) is 32.1 Å². The van der Waals surface area contributed by atoms with E-state index in [0.29, 0.717) is 12.8 Å². The molecule has 7 nitrogen and oxygen atoms in total. The summed E-state index contributed by atoms with van der Waals surface area (Å²) in [5.41, 5.74) is 0. The average molecular weight is 714 g/mol. The van der Waals surface area contributed by atoms with E-state index in [1.54, 1.807) is 6.08 Å². The van der Waals surface area contributed by atoms with Crippen molar-refractivity contribution in [3.05, 3.63) is 24.3 Å². The Hall–Kier alpha value is -1.22. The predicted octanol–water partition coefficient (Wildman–Crippen LogP) is 10.9. The van der Waals surface area contributed by atoms with E-state index in [1.807, 2.05) is 0 Å². The predicted molar refractivity (Wildman–Crippen MR) is 208 cm³/mol. The van der Waals surface area contributed by atoms with Crippen LogP contribution in [0.25, 0.3) is 0 Å². The number of unbranched alkanes of at least 4 members (excludes halogenated alkanes) is 26. The summed E-state index contributed by atoms with van der Waals surface area (Å²) in [5, 5.41) is 23.3. The van der Waals surface area contributed by atoms with Crippen molar-refractivity contribution in [2.45, 2.75) is 225 Å². The number of aliphatic hydroxyl groups excluding tert-OH is 2. The number of carbonyl (C=O) groups is 1. The second kappa shape index (κ2) is 35.2. The molecule has 0 aromatic heterocycles. The molecule has 0 spiro atoms. The van der Waals surface area contributed by atoms with Crippen LogP contribution >= 0.6 is 0 Å². The smallest absolute Gasteiger partial charge is 0.267 e. The van der Waals surface area contributed by atoms with Crippen LogP contribution in [-0.4, -0.2) is 53.1 Å². The van der Waals surface area contributed by atoms with Gasteiger partial charge >= 0.3 is 0 Å². The van der Waals surface area contributed by atoms with Crippen LogP contribution in [0.1, 0.15) is 206 Å². The normalized spacial score (nSPS) is 14.1. The third-order valence-corrected chi connectivity index (χ3v) is 10.3. The van der Waals surface area contributed by atoms with Crippen molar-refractivity contribution in [2.75, 3.05) is 5.75 Å². The Morgan fingerprint density at radius 2 is 0.918 bits per heavy atom. The summed E-state index contributed by atoms with van der Waals surface area (Å²) >= 11 is 0. The molecule has 4 N–H and O–H groups in total. The van der Waals surface area contributed by atoms with Crippen molar-refractivity contribution in [3.63, 3.8) is 0 Å². The summed E-state index contributed by atoms with van der Waals surface area (Å²) in [6, 6.07) is -1.24. The van der Waals surface area contributed by atoms with E-state index in [9.17, 15) is 28.0 Å². The van der Waals surface area contributed by atoms with Crippen molar-refractivity contribution in [2.24, 2.45) is 0 Å². The number of nitrogens with one attached hydrogen (secondary N) is 1. The van der Waals surface area contributed by atoms with E-state index in [0.717, 1.165) is 32.1 Å². The number of allylic oxidation sites excluding steroid dienone is 3. The lowest BCUT2D eigenvalue weighted by molar-refractivity contribution is -0.130. The van der Waals surface area contributed by atoms with E-state index >= 15 is 0 Å². The van der Waals surface area contributed by atoms with Gasteiger partial charge in [0.15, 0.2) is 0 Å². The number of hydrogen-bond donors (Lipinski definition) is 4. The van der Waals surface area contributed by atoms with Crippen LogP contribution in [0, 0.1) is 0 Å². The van der Waals surface area contributed by atoms with Crippen molar-refractivity contribution >= 4 is 16.0 Å². The molecule has 1 amide bonds. The van der Waals surface area contributed by atoms with Crippen LogP contribution in [0.3, 0.4) is 0 Å². The van der Waals surface area contributed by atoms with Gasteiger partial charge in [0.05, 0.1) is 17.9 Å². The van der Waals surface area contributed by atoms with E-state index in [2.05, 4.69) is 31.3 Å². The molecule has 0 fully saturated rings. The Morgan fingerprint density at radius 3 is 1.35 bits per heavy atom. The van der Waals surface area contributed by atoms with Gasteiger partial charge in [0.2, 0.25) is 5.91 Å². The molecule has 0 saturated heterocycles. The molecule has 0 radical (unpaired) electrons. The quantitative estimate of drug-likeness (QED) is 0.0289. The zero-order chi connectivity index (χ0) is 36.3. The lowest BCUT2D eigenvalue weighted by Crippen LogP contribution is -2.50. The van der Waals surface area contributed by atoms with Crippen LogP contribution in [0.2, 0.25) is 0 Å². The number of rotatable bonds is 37. The maximum atomic E-state index is 12.6. The first-order valence-corrected chi connectivity index (χ1v) is 22.3. The van der Waals surface area contributed by atoms with Crippen LogP contribution in [0.15, 0.2) is 24.3 Å². The molecule has 0 rings (SSSR count). The molecule has 8 heteroatoms. The molecule has 0 heterocycles. The third-order valence-electron chi connectivity index (χ3n) is 9.49. The summed E-state index contributed by atoms with van der Waals surface area (Å²) in [4.78, 5) is 12.6. The molecule has 290 valence electrons. The molecule has 0 aromatic carbocycles. The molecule has 49 heavy (non-hydrogen) atoms. The minimum absolute atomic E-state index is 0.277. The van der Waals surface area contributed by atoms with Crippen LogP contribution in [0.5, 0.6) is 0 Å². The summed E-state index contributed by atoms with van der Waals surface area (Å²) in [6.45, 7) is 4.50. The Morgan fingerprint density at radius 1 is 0.551 bits per heavy atom. The fraction of sp³-hybridized carbons (Fsp3) is 0.878. The fourth-order valence-electron chi connectivity index (χ4n) is 6.30. The van der Waals surface area contributed by atoms with Gasteiger partial charge in [0, 0.05) is 0 Å². The van der Waals surface area contributed by atoms with E-state index in [1.165, 1.54) is 147 Å². The molecule has 0 aliphatic heterocycles. The first-order chi connectivity index (χ1) is 23.7. The number of amides is 1. The topological polar surface area (TPSA) is 124 Å². The highest BCUT2D eigenvalue weighted by atomic mass is 32.2. The zero-order valence-electron chi connectivity index (χ0n) is 31.9. The van der Waals surface area contributed by atoms with Gasteiger partial charge in [-0.3, -0.25) is 9.35 Å². The zero-order valence-corrected chi connectivity index (χ0v) is 32.8. The number of carbonyl (C=O) groups excluding carboxylic acids is 1. The number of aliphatic hydroxyl groups is 2. The van der Waals surface area contributed by atoms with Gasteiger partial charge in [-0.15, -0.1) is 0 Å². The Balaban J connectivity index is 4.05. The van der Waals surface area contributed by atoms with E-state index in [-0.39, 0.29) is 6.42 Å². The minimum Gasteiger partial charge on any atom is -0.387 e. The monoisotopic (exact) mass is 714 g/mol. The second-order valence-electron chi connectivity index (χ2n) is 14.4. The molecule has 0 aromatic rings. The maximum absolute atomic E-state index is 12.6. The first-order valence-electron chi connectivity index (χ1n) is 20.6. The highest BCUT2D eigenvalue weighted by molar-refractivity contribution is 7.85. The molecule has 3 unspecified atom stereocenters. The third kappa shape index (κ3) is 35.0. The van der Waals surface area contributed by atoms with Crippen molar-refractivity contribution in [1.29, 1.82) is 0 Å². The van der Waals surface area contributed by atoms with E-state index < -0.39 is 40.0 Å². The maximum Gasteiger partial charge on any atom is 0.267 e. The Kier molecular flexibility index (Phi) is 34.3. The SMILES string of the molecule is CCCCCCCCCCCCCCCC/C=C/CC/C=C/C(O)C(CS(=O)(=O)O)NC(=O)C(O)CCCCCCCCCCCCCC. The molecular weight excluding hydrogens is 635 g/mol. The van der Waals surface area contributed by atoms with E-state index in [4.69, 9.17) is 0 Å². The van der Waals surface area contributed by atoms with Crippen molar-refractivity contribution < 1.29 is 28.0 Å². The number of hydrogen-bond acceptors (Lipinski definition) is 5. The first kappa shape index (κ1) is 47.8. The molecule has 0 saturated carbocycles. The molecule has 0 aliphatic carbocycles. The highest BCUT2D eigenvalue weighted by Gasteiger charge is 2.27.